The zero-order valence-electron chi connectivity index (χ0n) is 47.0. The number of methoxy groups -OCH3 is 3. The second-order valence-electron chi connectivity index (χ2n) is 20.4. The Morgan fingerprint density at radius 3 is 2.22 bits per heavy atom. The molecule has 0 spiro atoms. The van der Waals surface area contributed by atoms with E-state index in [0.717, 1.165) is 41.5 Å². The first-order valence-electron chi connectivity index (χ1n) is 26.5. The van der Waals surface area contributed by atoms with Crippen molar-refractivity contribution >= 4 is 47.2 Å². The lowest BCUT2D eigenvalue weighted by atomic mass is 9.90. The number of allylic oxidation sites excluding steroid dienone is 2. The number of benzene rings is 1. The van der Waals surface area contributed by atoms with Crippen molar-refractivity contribution in [1.29, 1.82) is 0 Å². The van der Waals surface area contributed by atoms with E-state index in [1.807, 2.05) is 94.8 Å². The number of likely N-dealkylation sites (tertiary alicyclic amines) is 1. The number of unbranched alkanes of at least 4 members (excludes halogenated alkanes) is 2. The fourth-order valence-electron chi connectivity index (χ4n) is 10.1. The van der Waals surface area contributed by atoms with E-state index in [0.29, 0.717) is 64.6 Å². The number of aliphatic imine (C=N–C) groups is 1. The molecule has 1 aliphatic rings. The molecule has 74 heavy (non-hydrogen) atoms. The quantitative estimate of drug-likeness (QED) is 0.0255. The number of nitrogens with zero attached hydrogens (tertiary/aromatic N) is 5. The van der Waals surface area contributed by atoms with Crippen LogP contribution in [0.15, 0.2) is 59.8 Å². The van der Waals surface area contributed by atoms with Gasteiger partial charge in [0.25, 0.3) is 5.91 Å². The minimum Gasteiger partial charge on any atom is -0.467 e. The molecule has 1 aliphatic heterocycles. The lowest BCUT2D eigenvalue weighted by Gasteiger charge is -2.39. The van der Waals surface area contributed by atoms with Crippen LogP contribution in [0.2, 0.25) is 0 Å². The van der Waals surface area contributed by atoms with Crippen LogP contribution in [0, 0.1) is 23.7 Å². The highest BCUT2D eigenvalue weighted by molar-refractivity contribution is 5.99. The van der Waals surface area contributed by atoms with E-state index in [2.05, 4.69) is 29.1 Å². The van der Waals surface area contributed by atoms with Gasteiger partial charge in [-0.3, -0.25) is 43.6 Å². The maximum absolute atomic E-state index is 14.3. The number of nitrogens with two attached hydrogens (primary N) is 1. The second kappa shape index (κ2) is 33.5. The first-order chi connectivity index (χ1) is 35.1. The molecule has 0 radical (unpaired) electrons. The second-order valence-corrected chi connectivity index (χ2v) is 20.4. The van der Waals surface area contributed by atoms with Crippen LogP contribution in [0.25, 0.3) is 0 Å². The molecule has 0 aliphatic carbocycles. The molecule has 6 amide bonds. The van der Waals surface area contributed by atoms with Crippen molar-refractivity contribution in [2.24, 2.45) is 34.4 Å². The molecular formula is C56H92N8O10. The molecule has 0 bridgehead atoms. The lowest BCUT2D eigenvalue weighted by Crippen LogP contribution is -2.55. The highest BCUT2D eigenvalue weighted by atomic mass is 16.5. The summed E-state index contributed by atoms with van der Waals surface area (Å²) >= 11 is 0. The van der Waals surface area contributed by atoms with E-state index in [4.69, 9.17) is 19.9 Å². The number of amides is 6. The van der Waals surface area contributed by atoms with E-state index in [1.165, 1.54) is 14.0 Å². The lowest BCUT2D eigenvalue weighted by molar-refractivity contribution is -0.144. The molecule has 2 rings (SSSR count). The summed E-state index contributed by atoms with van der Waals surface area (Å²) < 4.78 is 17.1. The molecule has 4 N–H and O–H groups in total. The Morgan fingerprint density at radius 1 is 0.959 bits per heavy atom. The van der Waals surface area contributed by atoms with Crippen molar-refractivity contribution in [3.05, 3.63) is 60.3 Å². The normalized spacial score (nSPS) is 17.3. The van der Waals surface area contributed by atoms with Crippen LogP contribution >= 0.6 is 0 Å². The number of carbonyl (C=O) groups excluding carboxylic acids is 7. The summed E-state index contributed by atoms with van der Waals surface area (Å²) in [6.45, 7) is 19.9. The van der Waals surface area contributed by atoms with Crippen molar-refractivity contribution in [1.82, 2.24) is 30.2 Å². The van der Waals surface area contributed by atoms with Crippen LogP contribution in [-0.2, 0) is 54.2 Å². The number of nitrogens with one attached hydrogen (secondary N) is 2. The van der Waals surface area contributed by atoms with Crippen LogP contribution in [0.3, 0.4) is 0 Å². The number of likely N-dealkylation sites (N-methyl/N-ethyl adjacent to an activating group) is 2. The topological polar surface area (TPSA) is 223 Å². The van der Waals surface area contributed by atoms with Crippen molar-refractivity contribution in [2.75, 3.05) is 61.6 Å². The predicted molar refractivity (Wildman–Crippen MR) is 289 cm³/mol. The van der Waals surface area contributed by atoms with Gasteiger partial charge >= 0.3 is 5.97 Å². The minimum absolute atomic E-state index is 0.0108. The number of hydrogen-bond acceptors (Lipinski definition) is 12. The Bertz CT molecular complexity index is 2030. The molecular weight excluding hydrogens is 945 g/mol. The van der Waals surface area contributed by atoms with Crippen LogP contribution in [0.1, 0.15) is 125 Å². The summed E-state index contributed by atoms with van der Waals surface area (Å²) in [6.07, 6.45) is 8.24. The van der Waals surface area contributed by atoms with Crippen LogP contribution in [0.4, 0.5) is 0 Å². The van der Waals surface area contributed by atoms with Gasteiger partial charge in [0, 0.05) is 72.3 Å². The fraction of sp³-hybridized carbons (Fsp3) is 0.679. The van der Waals surface area contributed by atoms with E-state index >= 15 is 0 Å². The zero-order valence-corrected chi connectivity index (χ0v) is 47.0. The highest BCUT2D eigenvalue weighted by Gasteiger charge is 2.42. The van der Waals surface area contributed by atoms with E-state index < -0.39 is 48.1 Å². The summed E-state index contributed by atoms with van der Waals surface area (Å²) in [7, 11) is 8.07. The molecule has 18 heteroatoms. The summed E-state index contributed by atoms with van der Waals surface area (Å²) in [4.78, 5) is 102. The van der Waals surface area contributed by atoms with Crippen molar-refractivity contribution in [3.63, 3.8) is 0 Å². The molecule has 1 aromatic rings. The minimum atomic E-state index is -0.851. The third kappa shape index (κ3) is 20.7. The Kier molecular flexibility index (Phi) is 29.2. The van der Waals surface area contributed by atoms with Gasteiger partial charge in [0.1, 0.15) is 5.84 Å². The molecule has 0 saturated carbocycles. The Hall–Kier alpha value is -5.46. The molecule has 1 aromatic carbocycles. The smallest absolute Gasteiger partial charge is 0.331 e. The van der Waals surface area contributed by atoms with Gasteiger partial charge in [0.15, 0.2) is 6.04 Å². The number of hydrogen-bond donors (Lipinski definition) is 3. The molecule has 0 aromatic heterocycles. The maximum Gasteiger partial charge on any atom is 0.331 e. The Labute approximate surface area is 442 Å². The molecule has 1 heterocycles. The number of rotatable bonds is 33. The Balaban J connectivity index is 2.03. The van der Waals surface area contributed by atoms with E-state index in [9.17, 15) is 33.6 Å². The molecule has 3 unspecified atom stereocenters. The average molecular weight is 1040 g/mol. The first-order valence-corrected chi connectivity index (χ1v) is 26.5. The van der Waals surface area contributed by atoms with Crippen molar-refractivity contribution in [3.8, 4) is 0 Å². The number of esters is 1. The Morgan fingerprint density at radius 2 is 1.64 bits per heavy atom. The zero-order chi connectivity index (χ0) is 55.7. The SMILES string of the molecule is C=CC(=O)N(CCCCCC(=O)N/C(C)=C/CCC(C)CN(C)C(C(=O)NCC(=O)N(C)C([C@@H](C)CC)[C@@H](CC(=O)N1CCC[C@H]1[C@H](OC)[C@@H](C)C(N)=N[C@@H](Cc1ccccc1)C(=O)OC)OC)C(C)C)C(C)=O. The van der Waals surface area contributed by atoms with E-state index in [-0.39, 0.29) is 72.1 Å². The van der Waals surface area contributed by atoms with Crippen molar-refractivity contribution in [2.45, 2.75) is 162 Å². The summed E-state index contributed by atoms with van der Waals surface area (Å²) in [5.41, 5.74) is 8.29. The van der Waals surface area contributed by atoms with Crippen LogP contribution in [-0.4, -0.2) is 165 Å². The number of ether oxygens (including phenoxy) is 3. The average Bonchev–Trinajstić information content (AvgIpc) is 3.85. The highest BCUT2D eigenvalue weighted by Crippen LogP contribution is 2.30. The van der Waals surface area contributed by atoms with Gasteiger partial charge < -0.3 is 40.4 Å². The third-order valence-electron chi connectivity index (χ3n) is 14.3. The van der Waals surface area contributed by atoms with Gasteiger partial charge in [-0.15, -0.1) is 0 Å². The van der Waals surface area contributed by atoms with Crippen LogP contribution in [0.5, 0.6) is 0 Å². The molecule has 1 fully saturated rings. The van der Waals surface area contributed by atoms with Gasteiger partial charge in [-0.2, -0.15) is 0 Å². The number of imide groups is 1. The maximum atomic E-state index is 14.3. The van der Waals surface area contributed by atoms with Gasteiger partial charge in [-0.1, -0.05) is 97.4 Å². The fourth-order valence-corrected chi connectivity index (χ4v) is 10.1. The van der Waals surface area contributed by atoms with Gasteiger partial charge in [-0.05, 0) is 81.9 Å². The molecule has 9 atom stereocenters. The van der Waals surface area contributed by atoms with Gasteiger partial charge in [-0.25, -0.2) is 4.79 Å². The van der Waals surface area contributed by atoms with Gasteiger partial charge in [0.2, 0.25) is 29.5 Å². The number of amidine groups is 1. The van der Waals surface area contributed by atoms with Crippen LogP contribution < -0.4 is 16.4 Å². The molecule has 18 nitrogen and oxygen atoms in total. The van der Waals surface area contributed by atoms with Crippen molar-refractivity contribution < 1.29 is 47.8 Å². The monoisotopic (exact) mass is 1040 g/mol. The number of carbonyl (C=O) groups is 7. The summed E-state index contributed by atoms with van der Waals surface area (Å²) in [6, 6.07) is 7.37. The van der Waals surface area contributed by atoms with Gasteiger partial charge in [0.05, 0.1) is 50.4 Å². The third-order valence-corrected chi connectivity index (χ3v) is 14.3. The summed E-state index contributed by atoms with van der Waals surface area (Å²) in [5.74, 6) is -2.14. The molecule has 416 valence electrons. The largest absolute Gasteiger partial charge is 0.467 e. The predicted octanol–water partition coefficient (Wildman–Crippen LogP) is 5.68. The van der Waals surface area contributed by atoms with E-state index in [1.54, 1.807) is 26.2 Å². The standard InChI is InChI=1S/C56H92N8O10/c1-15-39(6)52(46(72-12)34-49(68)64-32-24-29-45(64)53(73-13)41(8)54(57)60-44(56(71)74-14)33-43-27-19-17-20-28-43)62(11)50(69)35-58-55(70)51(37(3)4)61(10)36-38(5)25-23-26-40(7)59-47(66)30-21-18-22-31-63(42(9)65)48(67)16-2/h16-17,19-20,26-28,37-39,41,44-46,51-53H,2,15,18,21-25,29-36H2,1,3-14H3,(H2,57,60)(H,58,70)(H,59,66)/b40-26+/t38?,39-,41+,44-,45-,46+,51?,52?,53+/m0/s1. The molecule has 1 saturated heterocycles. The first kappa shape index (κ1) is 64.7. The summed E-state index contributed by atoms with van der Waals surface area (Å²) in [5, 5.41) is 5.86.